The van der Waals surface area contributed by atoms with Crippen molar-refractivity contribution in [3.8, 4) is 0 Å². The number of aldehydes is 1. The van der Waals surface area contributed by atoms with Crippen molar-refractivity contribution >= 4 is 17.4 Å². The van der Waals surface area contributed by atoms with Crippen LogP contribution in [-0.4, -0.2) is 20.8 Å². The summed E-state index contributed by atoms with van der Waals surface area (Å²) in [5, 5.41) is 0. The van der Waals surface area contributed by atoms with Crippen molar-refractivity contribution in [1.82, 2.24) is 0 Å². The number of hydrogen-bond acceptors (Lipinski definition) is 3. The van der Waals surface area contributed by atoms with Crippen LogP contribution in [0.3, 0.4) is 0 Å². The normalized spacial score (nSPS) is 15.0. The third-order valence-electron chi connectivity index (χ3n) is 0.809. The van der Waals surface area contributed by atoms with E-state index in [0.29, 0.717) is 6.29 Å². The fraction of sp³-hybridized carbons (Fsp3) is 0.800. The lowest BCUT2D eigenvalue weighted by Crippen LogP contribution is -2.21. The molecule has 3 nitrogen and oxygen atoms in total. The lowest BCUT2D eigenvalue weighted by molar-refractivity contribution is -0.113. The molecule has 1 atom stereocenters. The minimum atomic E-state index is -2.12. The van der Waals surface area contributed by atoms with Gasteiger partial charge < -0.3 is 9.35 Å². The van der Waals surface area contributed by atoms with Gasteiger partial charge in [0.1, 0.15) is 6.29 Å². The molecule has 0 aliphatic carbocycles. The van der Waals surface area contributed by atoms with E-state index in [1.807, 2.05) is 0 Å². The lowest BCUT2D eigenvalue weighted by Gasteiger charge is -2.17. The Labute approximate surface area is 56.7 Å². The maximum atomic E-state index is 10.1. The van der Waals surface area contributed by atoms with E-state index in [9.17, 15) is 13.6 Å². The minimum Gasteiger partial charge on any atom is -0.772 e. The summed E-state index contributed by atoms with van der Waals surface area (Å²) < 4.78 is 20.0. The van der Waals surface area contributed by atoms with Gasteiger partial charge in [0.2, 0.25) is 0 Å². The molecule has 4 heteroatoms. The van der Waals surface area contributed by atoms with Gasteiger partial charge in [-0.2, -0.15) is 0 Å². The molecule has 0 amide bonds. The Bertz CT molecular complexity index is 130. The van der Waals surface area contributed by atoms with Gasteiger partial charge in [-0.05, 0) is 0 Å². The predicted octanol–water partition coefficient (Wildman–Crippen LogP) is 0.0906. The van der Waals surface area contributed by atoms with Gasteiger partial charge in [0.25, 0.3) is 0 Å². The third-order valence-corrected chi connectivity index (χ3v) is 1.79. The van der Waals surface area contributed by atoms with Crippen LogP contribution in [-0.2, 0) is 15.9 Å². The highest BCUT2D eigenvalue weighted by Crippen LogP contribution is 2.10. The highest BCUT2D eigenvalue weighted by atomic mass is 32.2. The van der Waals surface area contributed by atoms with Crippen molar-refractivity contribution in [3.63, 3.8) is 0 Å². The second-order valence-electron chi connectivity index (χ2n) is 2.55. The van der Waals surface area contributed by atoms with Crippen LogP contribution in [0.5, 0.6) is 0 Å². The Morgan fingerprint density at radius 1 is 1.67 bits per heavy atom. The van der Waals surface area contributed by atoms with Crippen LogP contribution in [0.2, 0.25) is 0 Å². The van der Waals surface area contributed by atoms with Crippen LogP contribution in [0, 0.1) is 5.41 Å². The SMILES string of the molecule is CC(C)(C=O)CS(=O)[O-]. The summed E-state index contributed by atoms with van der Waals surface area (Å²) in [6.45, 7) is 3.16. The predicted molar refractivity (Wildman–Crippen MR) is 33.6 cm³/mol. The number of carbonyl (C=O) groups is 1. The molecule has 0 aromatic rings. The summed E-state index contributed by atoms with van der Waals surface area (Å²) in [5.74, 6) is -0.101. The van der Waals surface area contributed by atoms with Crippen molar-refractivity contribution in [1.29, 1.82) is 0 Å². The lowest BCUT2D eigenvalue weighted by atomic mass is 10.00. The highest BCUT2D eigenvalue weighted by Gasteiger charge is 2.15. The zero-order chi connectivity index (χ0) is 7.49. The largest absolute Gasteiger partial charge is 0.772 e. The first-order chi connectivity index (χ1) is 3.98. The Kier molecular flexibility index (Phi) is 3.00. The van der Waals surface area contributed by atoms with Crippen molar-refractivity contribution in [2.75, 3.05) is 5.75 Å². The average molecular weight is 149 g/mol. The van der Waals surface area contributed by atoms with E-state index in [4.69, 9.17) is 0 Å². The molecule has 9 heavy (non-hydrogen) atoms. The molecule has 0 saturated carbocycles. The summed E-state index contributed by atoms with van der Waals surface area (Å²) in [6.07, 6.45) is 0.642. The smallest absolute Gasteiger partial charge is 0.126 e. The Balaban J connectivity index is 3.86. The second kappa shape index (κ2) is 3.08. The molecular weight excluding hydrogens is 140 g/mol. The standard InChI is InChI=1S/C5H10O3S/c1-5(2,3-6)4-9(7)8/h3H,4H2,1-2H3,(H,7,8)/p-1. The van der Waals surface area contributed by atoms with Crippen LogP contribution in [0.15, 0.2) is 0 Å². The molecule has 0 bridgehead atoms. The number of rotatable bonds is 3. The fourth-order valence-corrected chi connectivity index (χ4v) is 1.01. The molecule has 0 aromatic heterocycles. The van der Waals surface area contributed by atoms with Gasteiger partial charge in [-0.3, -0.25) is 4.21 Å². The molecule has 0 rings (SSSR count). The zero-order valence-corrected chi connectivity index (χ0v) is 6.23. The average Bonchev–Trinajstić information content (AvgIpc) is 1.63. The first-order valence-corrected chi connectivity index (χ1v) is 3.74. The molecular formula is C5H9O3S-. The van der Waals surface area contributed by atoms with Crippen LogP contribution in [0.25, 0.3) is 0 Å². The van der Waals surface area contributed by atoms with Crippen molar-refractivity contribution < 1.29 is 13.6 Å². The summed E-state index contributed by atoms with van der Waals surface area (Å²) in [4.78, 5) is 10.1. The zero-order valence-electron chi connectivity index (χ0n) is 5.42. The van der Waals surface area contributed by atoms with Gasteiger partial charge in [0, 0.05) is 11.2 Å². The van der Waals surface area contributed by atoms with Gasteiger partial charge in [-0.25, -0.2) is 0 Å². The molecule has 0 heterocycles. The monoisotopic (exact) mass is 149 g/mol. The van der Waals surface area contributed by atoms with Gasteiger partial charge in [0.05, 0.1) is 0 Å². The maximum Gasteiger partial charge on any atom is 0.126 e. The number of carbonyl (C=O) groups excluding carboxylic acids is 1. The molecule has 0 aliphatic rings. The molecule has 0 spiro atoms. The molecule has 0 radical (unpaired) electrons. The van der Waals surface area contributed by atoms with E-state index in [1.165, 1.54) is 0 Å². The first kappa shape index (κ1) is 8.78. The van der Waals surface area contributed by atoms with Crippen molar-refractivity contribution in [2.24, 2.45) is 5.41 Å². The maximum absolute atomic E-state index is 10.1. The van der Waals surface area contributed by atoms with E-state index in [0.717, 1.165) is 0 Å². The molecule has 0 saturated heterocycles. The van der Waals surface area contributed by atoms with Crippen LogP contribution in [0.4, 0.5) is 0 Å². The van der Waals surface area contributed by atoms with E-state index in [-0.39, 0.29) is 5.75 Å². The fourth-order valence-electron chi connectivity index (χ4n) is 0.338. The molecule has 0 fully saturated rings. The molecule has 0 aliphatic heterocycles. The topological polar surface area (TPSA) is 57.2 Å². The van der Waals surface area contributed by atoms with Gasteiger partial charge in [-0.1, -0.05) is 24.9 Å². The Morgan fingerprint density at radius 3 is 2.22 bits per heavy atom. The Morgan fingerprint density at radius 2 is 2.11 bits per heavy atom. The summed E-state index contributed by atoms with van der Waals surface area (Å²) in [6, 6.07) is 0. The molecule has 54 valence electrons. The van der Waals surface area contributed by atoms with Gasteiger partial charge in [0.15, 0.2) is 0 Å². The van der Waals surface area contributed by atoms with E-state index >= 15 is 0 Å². The summed E-state index contributed by atoms with van der Waals surface area (Å²) in [7, 11) is 0. The minimum absolute atomic E-state index is 0.101. The first-order valence-electron chi connectivity index (χ1n) is 2.50. The summed E-state index contributed by atoms with van der Waals surface area (Å²) >= 11 is -2.12. The summed E-state index contributed by atoms with van der Waals surface area (Å²) in [5.41, 5.74) is -0.730. The van der Waals surface area contributed by atoms with E-state index in [2.05, 4.69) is 0 Å². The molecule has 0 N–H and O–H groups in total. The second-order valence-corrected chi connectivity index (χ2v) is 3.45. The van der Waals surface area contributed by atoms with E-state index < -0.39 is 16.5 Å². The van der Waals surface area contributed by atoms with Crippen LogP contribution >= 0.6 is 0 Å². The van der Waals surface area contributed by atoms with Crippen molar-refractivity contribution in [2.45, 2.75) is 13.8 Å². The molecule has 1 unspecified atom stereocenters. The quantitative estimate of drug-likeness (QED) is 0.422. The molecule has 0 aromatic carbocycles. The van der Waals surface area contributed by atoms with Gasteiger partial charge >= 0.3 is 0 Å². The number of hydrogen-bond donors (Lipinski definition) is 0. The van der Waals surface area contributed by atoms with Crippen LogP contribution in [0.1, 0.15) is 13.8 Å². The van der Waals surface area contributed by atoms with Crippen molar-refractivity contribution in [3.05, 3.63) is 0 Å². The van der Waals surface area contributed by atoms with E-state index in [1.54, 1.807) is 13.8 Å². The highest BCUT2D eigenvalue weighted by molar-refractivity contribution is 7.79. The van der Waals surface area contributed by atoms with Gasteiger partial charge in [-0.15, -0.1) is 0 Å². The van der Waals surface area contributed by atoms with Crippen LogP contribution < -0.4 is 0 Å². The Hall–Kier alpha value is -0.220. The third kappa shape index (κ3) is 4.29.